The number of thiazole rings is 1. The Labute approximate surface area is 161 Å². The maximum atomic E-state index is 12.2. The average molecular weight is 396 g/mol. The molecular formula is C18H25N3O3S2. The third-order valence-electron chi connectivity index (χ3n) is 5.05. The number of esters is 1. The molecule has 0 unspecified atom stereocenters. The number of rotatable bonds is 5. The lowest BCUT2D eigenvalue weighted by molar-refractivity contribution is -0.125. The van der Waals surface area contributed by atoms with E-state index in [0.29, 0.717) is 16.7 Å². The molecule has 142 valence electrons. The highest BCUT2D eigenvalue weighted by Gasteiger charge is 2.28. The number of nitrogens with one attached hydrogen (secondary N) is 1. The van der Waals surface area contributed by atoms with Gasteiger partial charge in [-0.25, -0.2) is 9.78 Å². The van der Waals surface area contributed by atoms with Gasteiger partial charge in [-0.1, -0.05) is 38.0 Å². The van der Waals surface area contributed by atoms with E-state index in [9.17, 15) is 9.59 Å². The maximum absolute atomic E-state index is 12.2. The van der Waals surface area contributed by atoms with E-state index in [1.807, 2.05) is 19.0 Å². The Bertz CT molecular complexity index is 767. The summed E-state index contributed by atoms with van der Waals surface area (Å²) in [6.45, 7) is 4.16. The molecule has 3 atom stereocenters. The molecule has 1 aliphatic carbocycles. The lowest BCUT2D eigenvalue weighted by Crippen LogP contribution is -2.45. The molecule has 1 fully saturated rings. The third kappa shape index (κ3) is 4.17. The summed E-state index contributed by atoms with van der Waals surface area (Å²) in [6, 6.07) is 1.96. The summed E-state index contributed by atoms with van der Waals surface area (Å²) in [6.07, 6.45) is 3.33. The summed E-state index contributed by atoms with van der Waals surface area (Å²) >= 11 is 2.83. The topological polar surface area (TPSA) is 71.5 Å². The van der Waals surface area contributed by atoms with Gasteiger partial charge < -0.3 is 15.0 Å². The van der Waals surface area contributed by atoms with Crippen LogP contribution in [-0.2, 0) is 9.53 Å². The normalized spacial score (nSPS) is 23.0. The molecule has 1 amide bonds. The monoisotopic (exact) mass is 395 g/mol. The molecule has 2 heterocycles. The minimum atomic E-state index is -0.466. The van der Waals surface area contributed by atoms with Crippen LogP contribution in [0.4, 0.5) is 5.13 Å². The van der Waals surface area contributed by atoms with Crippen molar-refractivity contribution in [1.29, 1.82) is 0 Å². The molecule has 1 N–H and O–H groups in total. The number of hydrogen-bond donors (Lipinski definition) is 1. The first-order chi connectivity index (χ1) is 12.3. The van der Waals surface area contributed by atoms with Crippen LogP contribution < -0.4 is 10.2 Å². The Morgan fingerprint density at radius 3 is 2.77 bits per heavy atom. The van der Waals surface area contributed by atoms with Gasteiger partial charge in [-0.2, -0.15) is 0 Å². The summed E-state index contributed by atoms with van der Waals surface area (Å²) in [5.41, 5.74) is 0. The predicted molar refractivity (Wildman–Crippen MR) is 106 cm³/mol. The van der Waals surface area contributed by atoms with Crippen molar-refractivity contribution < 1.29 is 14.3 Å². The third-order valence-corrected chi connectivity index (χ3v) is 7.36. The largest absolute Gasteiger partial charge is 0.451 e. The summed E-state index contributed by atoms with van der Waals surface area (Å²) in [5, 5.41) is 3.92. The lowest BCUT2D eigenvalue weighted by Gasteiger charge is -2.34. The van der Waals surface area contributed by atoms with Gasteiger partial charge in [0.15, 0.2) is 11.7 Å². The molecule has 0 bridgehead atoms. The molecule has 2 aromatic rings. The Morgan fingerprint density at radius 1 is 1.31 bits per heavy atom. The van der Waals surface area contributed by atoms with E-state index in [1.54, 1.807) is 6.07 Å². The van der Waals surface area contributed by atoms with Crippen molar-refractivity contribution in [1.82, 2.24) is 10.3 Å². The first-order valence-corrected chi connectivity index (χ1v) is 10.5. The summed E-state index contributed by atoms with van der Waals surface area (Å²) < 4.78 is 6.15. The average Bonchev–Trinajstić information content (AvgIpc) is 3.16. The quantitative estimate of drug-likeness (QED) is 0.784. The SMILES string of the molecule is C[C@H]1[C@H](C)CCC[C@H]1NC(=O)COC(=O)c1cc2sc(N(C)C)nc2s1. The van der Waals surface area contributed by atoms with Crippen molar-refractivity contribution in [3.05, 3.63) is 10.9 Å². The van der Waals surface area contributed by atoms with Gasteiger partial charge in [0.2, 0.25) is 0 Å². The van der Waals surface area contributed by atoms with E-state index in [4.69, 9.17) is 4.74 Å². The number of carbonyl (C=O) groups excluding carboxylic acids is 2. The second-order valence-corrected chi connectivity index (χ2v) is 9.23. The minimum Gasteiger partial charge on any atom is -0.451 e. The highest BCUT2D eigenvalue weighted by atomic mass is 32.1. The number of ether oxygens (including phenoxy) is 1. The molecule has 1 aliphatic rings. The highest BCUT2D eigenvalue weighted by molar-refractivity contribution is 7.29. The molecule has 0 saturated heterocycles. The number of anilines is 1. The molecular weight excluding hydrogens is 370 g/mol. The maximum Gasteiger partial charge on any atom is 0.348 e. The van der Waals surface area contributed by atoms with Crippen LogP contribution in [0.1, 0.15) is 42.8 Å². The van der Waals surface area contributed by atoms with Crippen LogP contribution in [-0.4, -0.2) is 43.6 Å². The van der Waals surface area contributed by atoms with Gasteiger partial charge in [0.25, 0.3) is 5.91 Å². The minimum absolute atomic E-state index is 0.172. The van der Waals surface area contributed by atoms with Gasteiger partial charge in [0.05, 0.1) is 4.70 Å². The van der Waals surface area contributed by atoms with E-state index >= 15 is 0 Å². The fourth-order valence-electron chi connectivity index (χ4n) is 3.25. The summed E-state index contributed by atoms with van der Waals surface area (Å²) in [5.74, 6) is 0.363. The van der Waals surface area contributed by atoms with E-state index in [0.717, 1.165) is 27.5 Å². The fraction of sp³-hybridized carbons (Fsp3) is 0.611. The van der Waals surface area contributed by atoms with Crippen LogP contribution in [0.15, 0.2) is 6.07 Å². The zero-order chi connectivity index (χ0) is 18.8. The lowest BCUT2D eigenvalue weighted by atomic mass is 9.78. The van der Waals surface area contributed by atoms with Crippen LogP contribution >= 0.6 is 22.7 Å². The van der Waals surface area contributed by atoms with Gasteiger partial charge >= 0.3 is 5.97 Å². The molecule has 3 rings (SSSR count). The van der Waals surface area contributed by atoms with Crippen LogP contribution in [0.25, 0.3) is 9.53 Å². The second kappa shape index (κ2) is 7.92. The Balaban J connectivity index is 1.53. The van der Waals surface area contributed by atoms with Crippen LogP contribution in [0.3, 0.4) is 0 Å². The van der Waals surface area contributed by atoms with Crippen molar-refractivity contribution in [2.75, 3.05) is 25.6 Å². The number of amides is 1. The number of carbonyl (C=O) groups is 2. The van der Waals surface area contributed by atoms with Gasteiger partial charge in [0.1, 0.15) is 9.71 Å². The van der Waals surface area contributed by atoms with Gasteiger partial charge in [-0.05, 0) is 24.3 Å². The number of fused-ring (bicyclic) bond motifs is 1. The molecule has 26 heavy (non-hydrogen) atoms. The molecule has 8 heteroatoms. The van der Waals surface area contributed by atoms with Crippen molar-refractivity contribution in [2.45, 2.75) is 39.2 Å². The van der Waals surface area contributed by atoms with Crippen molar-refractivity contribution in [3.63, 3.8) is 0 Å². The van der Waals surface area contributed by atoms with Crippen LogP contribution in [0, 0.1) is 11.8 Å². The predicted octanol–water partition coefficient (Wildman–Crippen LogP) is 3.52. The fourth-order valence-corrected chi connectivity index (χ4v) is 5.28. The van der Waals surface area contributed by atoms with Gasteiger partial charge in [-0.15, -0.1) is 11.3 Å². The van der Waals surface area contributed by atoms with E-state index < -0.39 is 5.97 Å². The molecule has 2 aromatic heterocycles. The van der Waals surface area contributed by atoms with Gasteiger partial charge in [-0.3, -0.25) is 4.79 Å². The standard InChI is InChI=1S/C18H25N3O3S2/c1-10-6-5-7-12(11(10)2)19-15(22)9-24-17(23)14-8-13-16(25-14)20-18(26-13)21(3)4/h8,10-12H,5-7,9H2,1-4H3,(H,19,22)/t10-,11+,12-/m1/s1. The Morgan fingerprint density at radius 2 is 2.08 bits per heavy atom. The van der Waals surface area contributed by atoms with E-state index in [-0.39, 0.29) is 18.6 Å². The molecule has 1 saturated carbocycles. The Hall–Kier alpha value is -1.67. The van der Waals surface area contributed by atoms with Crippen molar-refractivity contribution >= 4 is 49.2 Å². The van der Waals surface area contributed by atoms with Crippen LogP contribution in [0.5, 0.6) is 0 Å². The number of thiophene rings is 1. The molecule has 0 radical (unpaired) electrons. The second-order valence-electron chi connectivity index (χ2n) is 7.19. The zero-order valence-corrected chi connectivity index (χ0v) is 17.2. The highest BCUT2D eigenvalue weighted by Crippen LogP contribution is 2.34. The molecule has 0 spiro atoms. The summed E-state index contributed by atoms with van der Waals surface area (Å²) in [7, 11) is 3.87. The number of aromatic nitrogens is 1. The van der Waals surface area contributed by atoms with E-state index in [1.165, 1.54) is 29.1 Å². The van der Waals surface area contributed by atoms with Crippen molar-refractivity contribution in [3.8, 4) is 0 Å². The molecule has 0 aromatic carbocycles. The number of nitrogens with zero attached hydrogens (tertiary/aromatic N) is 2. The van der Waals surface area contributed by atoms with Gasteiger partial charge in [0, 0.05) is 20.1 Å². The smallest absolute Gasteiger partial charge is 0.348 e. The zero-order valence-electron chi connectivity index (χ0n) is 15.6. The molecule has 0 aliphatic heterocycles. The van der Waals surface area contributed by atoms with Crippen molar-refractivity contribution in [2.24, 2.45) is 11.8 Å². The first kappa shape index (κ1) is 19.1. The van der Waals surface area contributed by atoms with Crippen LogP contribution in [0.2, 0.25) is 0 Å². The summed E-state index contributed by atoms with van der Waals surface area (Å²) in [4.78, 5) is 32.1. The molecule has 6 nitrogen and oxygen atoms in total. The Kier molecular flexibility index (Phi) is 5.82. The number of hydrogen-bond acceptors (Lipinski definition) is 7. The first-order valence-electron chi connectivity index (χ1n) is 8.89. The van der Waals surface area contributed by atoms with E-state index in [2.05, 4.69) is 24.1 Å².